The Morgan fingerprint density at radius 3 is 2.88 bits per heavy atom. The molecule has 0 bridgehead atoms. The van der Waals surface area contributed by atoms with E-state index >= 15 is 0 Å². The van der Waals surface area contributed by atoms with E-state index in [0.29, 0.717) is 12.4 Å². The maximum atomic E-state index is 12.9. The first kappa shape index (κ1) is 14.4. The van der Waals surface area contributed by atoms with Gasteiger partial charge in [0.1, 0.15) is 18.2 Å². The molecule has 1 rings (SSSR count). The minimum Gasteiger partial charge on any atom is -0.491 e. The van der Waals surface area contributed by atoms with Gasteiger partial charge in [-0.15, -0.1) is 0 Å². The molecular formula is C12H17BrFNO2. The number of benzene rings is 1. The number of ether oxygens (including phenoxy) is 2. The Morgan fingerprint density at radius 2 is 2.12 bits per heavy atom. The van der Waals surface area contributed by atoms with Crippen molar-refractivity contribution in [1.82, 2.24) is 5.32 Å². The van der Waals surface area contributed by atoms with Gasteiger partial charge in [0.05, 0.1) is 4.47 Å². The van der Waals surface area contributed by atoms with Crippen LogP contribution in [0.2, 0.25) is 0 Å². The van der Waals surface area contributed by atoms with Crippen molar-refractivity contribution in [3.63, 3.8) is 0 Å². The second kappa shape index (κ2) is 8.44. The largest absolute Gasteiger partial charge is 0.491 e. The summed E-state index contributed by atoms with van der Waals surface area (Å²) in [5, 5.41) is 3.21. The van der Waals surface area contributed by atoms with Gasteiger partial charge >= 0.3 is 0 Å². The highest BCUT2D eigenvalue weighted by atomic mass is 79.9. The van der Waals surface area contributed by atoms with Gasteiger partial charge in [-0.2, -0.15) is 0 Å². The van der Waals surface area contributed by atoms with Crippen molar-refractivity contribution in [2.45, 2.75) is 6.42 Å². The number of hydrogen-bond donors (Lipinski definition) is 1. The third kappa shape index (κ3) is 6.00. The summed E-state index contributed by atoms with van der Waals surface area (Å²) in [4.78, 5) is 0. The molecule has 0 amide bonds. The number of hydrogen-bond acceptors (Lipinski definition) is 3. The van der Waals surface area contributed by atoms with Crippen LogP contribution >= 0.6 is 15.9 Å². The maximum absolute atomic E-state index is 12.9. The van der Waals surface area contributed by atoms with Crippen molar-refractivity contribution in [2.24, 2.45) is 0 Å². The summed E-state index contributed by atoms with van der Waals surface area (Å²) in [6, 6.07) is 4.39. The molecule has 0 aliphatic rings. The van der Waals surface area contributed by atoms with Crippen LogP contribution in [0.15, 0.2) is 22.7 Å². The zero-order valence-corrected chi connectivity index (χ0v) is 11.4. The summed E-state index contributed by atoms with van der Waals surface area (Å²) in [5.41, 5.74) is 0. The molecule has 0 radical (unpaired) electrons. The van der Waals surface area contributed by atoms with Gasteiger partial charge in [0.15, 0.2) is 0 Å². The highest BCUT2D eigenvalue weighted by molar-refractivity contribution is 9.10. The lowest BCUT2D eigenvalue weighted by Gasteiger charge is -2.09. The Bertz CT molecular complexity index is 336. The zero-order valence-electron chi connectivity index (χ0n) is 9.84. The van der Waals surface area contributed by atoms with Crippen LogP contribution in [0, 0.1) is 5.82 Å². The first-order valence-corrected chi connectivity index (χ1v) is 6.31. The summed E-state index contributed by atoms with van der Waals surface area (Å²) in [7, 11) is 1.69. The van der Waals surface area contributed by atoms with Crippen molar-refractivity contribution in [1.29, 1.82) is 0 Å². The predicted octanol–water partition coefficient (Wildman–Crippen LogP) is 2.59. The molecule has 0 aliphatic heterocycles. The van der Waals surface area contributed by atoms with Crippen LogP contribution in [-0.4, -0.2) is 33.4 Å². The molecule has 0 heterocycles. The second-order valence-corrected chi connectivity index (χ2v) is 4.37. The lowest BCUT2D eigenvalue weighted by molar-refractivity contribution is 0.193. The van der Waals surface area contributed by atoms with Crippen LogP contribution in [0.25, 0.3) is 0 Å². The van der Waals surface area contributed by atoms with Crippen LogP contribution < -0.4 is 10.1 Å². The fraction of sp³-hybridized carbons (Fsp3) is 0.500. The van der Waals surface area contributed by atoms with E-state index in [1.807, 2.05) is 0 Å². The van der Waals surface area contributed by atoms with Crippen LogP contribution in [0.5, 0.6) is 5.75 Å². The first-order chi connectivity index (χ1) is 8.24. The zero-order chi connectivity index (χ0) is 12.5. The summed E-state index contributed by atoms with van der Waals surface area (Å²) >= 11 is 3.31. The molecule has 3 nitrogen and oxygen atoms in total. The SMILES string of the molecule is COCCCNCCOc1cc(F)ccc1Br. The van der Waals surface area contributed by atoms with E-state index in [0.717, 1.165) is 30.6 Å². The van der Waals surface area contributed by atoms with Gasteiger partial charge in [-0.05, 0) is 41.0 Å². The Balaban J connectivity index is 2.15. The van der Waals surface area contributed by atoms with Crippen molar-refractivity contribution in [3.8, 4) is 5.75 Å². The van der Waals surface area contributed by atoms with Gasteiger partial charge in [-0.1, -0.05) is 0 Å². The fourth-order valence-electron chi connectivity index (χ4n) is 1.29. The number of nitrogens with one attached hydrogen (secondary N) is 1. The summed E-state index contributed by atoms with van der Waals surface area (Å²) in [6.07, 6.45) is 0.972. The van der Waals surface area contributed by atoms with E-state index in [2.05, 4.69) is 21.2 Å². The van der Waals surface area contributed by atoms with Gasteiger partial charge in [0, 0.05) is 26.3 Å². The molecule has 0 spiro atoms. The molecule has 0 fully saturated rings. The van der Waals surface area contributed by atoms with E-state index in [1.165, 1.54) is 12.1 Å². The van der Waals surface area contributed by atoms with E-state index < -0.39 is 0 Å². The van der Waals surface area contributed by atoms with Crippen molar-refractivity contribution < 1.29 is 13.9 Å². The molecule has 0 saturated heterocycles. The Labute approximate surface area is 109 Å². The average Bonchev–Trinajstić information content (AvgIpc) is 2.32. The highest BCUT2D eigenvalue weighted by Gasteiger charge is 2.02. The fourth-order valence-corrected chi connectivity index (χ4v) is 1.65. The molecule has 0 aliphatic carbocycles. The van der Waals surface area contributed by atoms with Crippen molar-refractivity contribution in [2.75, 3.05) is 33.4 Å². The van der Waals surface area contributed by atoms with Gasteiger partial charge in [0.25, 0.3) is 0 Å². The lowest BCUT2D eigenvalue weighted by atomic mass is 10.3. The summed E-state index contributed by atoms with van der Waals surface area (Å²) in [6.45, 7) is 2.88. The topological polar surface area (TPSA) is 30.5 Å². The smallest absolute Gasteiger partial charge is 0.136 e. The molecule has 17 heavy (non-hydrogen) atoms. The maximum Gasteiger partial charge on any atom is 0.136 e. The Morgan fingerprint density at radius 1 is 1.29 bits per heavy atom. The van der Waals surface area contributed by atoms with Gasteiger partial charge in [0.2, 0.25) is 0 Å². The molecule has 5 heteroatoms. The van der Waals surface area contributed by atoms with Gasteiger partial charge < -0.3 is 14.8 Å². The second-order valence-electron chi connectivity index (χ2n) is 3.52. The van der Waals surface area contributed by atoms with E-state index in [1.54, 1.807) is 13.2 Å². The first-order valence-electron chi connectivity index (χ1n) is 5.51. The van der Waals surface area contributed by atoms with Crippen molar-refractivity contribution >= 4 is 15.9 Å². The molecule has 96 valence electrons. The molecule has 0 atom stereocenters. The van der Waals surface area contributed by atoms with Crippen LogP contribution in [0.4, 0.5) is 4.39 Å². The normalized spacial score (nSPS) is 10.5. The predicted molar refractivity (Wildman–Crippen MR) is 69.0 cm³/mol. The third-order valence-electron chi connectivity index (χ3n) is 2.13. The number of halogens is 2. The number of methoxy groups -OCH3 is 1. The van der Waals surface area contributed by atoms with E-state index in [9.17, 15) is 4.39 Å². The third-order valence-corrected chi connectivity index (χ3v) is 2.79. The molecule has 0 unspecified atom stereocenters. The van der Waals surface area contributed by atoms with Crippen LogP contribution in [0.3, 0.4) is 0 Å². The summed E-state index contributed by atoms with van der Waals surface area (Å²) in [5.74, 6) is 0.236. The van der Waals surface area contributed by atoms with Crippen molar-refractivity contribution in [3.05, 3.63) is 28.5 Å². The van der Waals surface area contributed by atoms with Gasteiger partial charge in [-0.3, -0.25) is 0 Å². The molecule has 0 aromatic heterocycles. The molecule has 1 N–H and O–H groups in total. The Hall–Kier alpha value is -0.650. The lowest BCUT2D eigenvalue weighted by Crippen LogP contribution is -2.23. The standard InChI is InChI=1S/C12H17BrFNO2/c1-16-7-2-5-15-6-8-17-12-9-10(14)3-4-11(12)13/h3-4,9,15H,2,5-8H2,1H3. The highest BCUT2D eigenvalue weighted by Crippen LogP contribution is 2.25. The molecule has 0 saturated carbocycles. The monoisotopic (exact) mass is 305 g/mol. The molecular weight excluding hydrogens is 289 g/mol. The Kier molecular flexibility index (Phi) is 7.16. The van der Waals surface area contributed by atoms with E-state index in [-0.39, 0.29) is 5.82 Å². The summed E-state index contributed by atoms with van der Waals surface area (Å²) < 4.78 is 24.1. The minimum atomic E-state index is -0.295. The van der Waals surface area contributed by atoms with Crippen LogP contribution in [0.1, 0.15) is 6.42 Å². The molecule has 1 aromatic rings. The number of rotatable bonds is 8. The van der Waals surface area contributed by atoms with Crippen LogP contribution in [-0.2, 0) is 4.74 Å². The quantitative estimate of drug-likeness (QED) is 0.749. The average molecular weight is 306 g/mol. The van der Waals surface area contributed by atoms with E-state index in [4.69, 9.17) is 9.47 Å². The minimum absolute atomic E-state index is 0.295. The van der Waals surface area contributed by atoms with Gasteiger partial charge in [-0.25, -0.2) is 4.39 Å². The molecule has 1 aromatic carbocycles.